The summed E-state index contributed by atoms with van der Waals surface area (Å²) < 4.78 is 0. The minimum Gasteiger partial charge on any atom is -0.479 e. The average Bonchev–Trinajstić information content (AvgIpc) is 2.18. The Labute approximate surface area is 89.4 Å². The molecule has 1 rings (SSSR count). The van der Waals surface area contributed by atoms with Gasteiger partial charge in [-0.25, -0.2) is 4.79 Å². The van der Waals surface area contributed by atoms with Gasteiger partial charge in [0.15, 0.2) is 5.60 Å². The van der Waals surface area contributed by atoms with Crippen molar-refractivity contribution in [2.24, 2.45) is 0 Å². The number of aliphatic hydroxyl groups is 1. The molecule has 1 aromatic carbocycles. The van der Waals surface area contributed by atoms with Gasteiger partial charge in [-0.1, -0.05) is 37.3 Å². The third-order valence-corrected chi connectivity index (χ3v) is 2.53. The minimum atomic E-state index is -1.66. The van der Waals surface area contributed by atoms with E-state index in [2.05, 4.69) is 0 Å². The summed E-state index contributed by atoms with van der Waals surface area (Å²) >= 11 is 0. The van der Waals surface area contributed by atoms with Crippen molar-refractivity contribution in [3.05, 3.63) is 35.9 Å². The summed E-state index contributed by atoms with van der Waals surface area (Å²) in [5.41, 5.74) is -0.617. The molecule has 15 heavy (non-hydrogen) atoms. The Hall–Kier alpha value is -1.35. The quantitative estimate of drug-likeness (QED) is 0.795. The van der Waals surface area contributed by atoms with Crippen LogP contribution in [0.2, 0.25) is 0 Å². The zero-order valence-corrected chi connectivity index (χ0v) is 8.97. The SMILES string of the molecule is CC(CC(C)(O)C(=O)O)c1ccccc1. The van der Waals surface area contributed by atoms with Gasteiger partial charge in [0.1, 0.15) is 0 Å². The molecule has 0 spiro atoms. The van der Waals surface area contributed by atoms with Crippen molar-refractivity contribution in [1.82, 2.24) is 0 Å². The molecule has 82 valence electrons. The summed E-state index contributed by atoms with van der Waals surface area (Å²) in [4.78, 5) is 10.7. The van der Waals surface area contributed by atoms with Crippen LogP contribution in [0.25, 0.3) is 0 Å². The smallest absolute Gasteiger partial charge is 0.335 e. The molecule has 0 aliphatic rings. The predicted octanol–water partition coefficient (Wildman–Crippen LogP) is 2.02. The van der Waals surface area contributed by atoms with E-state index < -0.39 is 11.6 Å². The second-order valence-electron chi connectivity index (χ2n) is 4.09. The van der Waals surface area contributed by atoms with E-state index in [0.717, 1.165) is 5.56 Å². The van der Waals surface area contributed by atoms with Crippen LogP contribution in [-0.2, 0) is 4.79 Å². The van der Waals surface area contributed by atoms with E-state index in [9.17, 15) is 9.90 Å². The van der Waals surface area contributed by atoms with Gasteiger partial charge < -0.3 is 10.2 Å². The summed E-state index contributed by atoms with van der Waals surface area (Å²) in [6, 6.07) is 9.58. The molecule has 0 saturated heterocycles. The van der Waals surface area contributed by atoms with Crippen LogP contribution in [-0.4, -0.2) is 21.8 Å². The van der Waals surface area contributed by atoms with Crippen LogP contribution in [0.1, 0.15) is 31.7 Å². The van der Waals surface area contributed by atoms with Gasteiger partial charge in [-0.3, -0.25) is 0 Å². The number of carboxylic acid groups (broad SMARTS) is 1. The van der Waals surface area contributed by atoms with Gasteiger partial charge >= 0.3 is 5.97 Å². The van der Waals surface area contributed by atoms with Gasteiger partial charge in [0.25, 0.3) is 0 Å². The Balaban J connectivity index is 2.72. The van der Waals surface area contributed by atoms with Crippen LogP contribution in [0.4, 0.5) is 0 Å². The first-order chi connectivity index (χ1) is 6.93. The molecule has 2 N–H and O–H groups in total. The Kier molecular flexibility index (Phi) is 3.48. The highest BCUT2D eigenvalue weighted by atomic mass is 16.4. The van der Waals surface area contributed by atoms with Gasteiger partial charge in [-0.05, 0) is 24.8 Å². The molecule has 0 bridgehead atoms. The number of benzene rings is 1. The predicted molar refractivity (Wildman–Crippen MR) is 57.7 cm³/mol. The van der Waals surface area contributed by atoms with Crippen LogP contribution >= 0.6 is 0 Å². The van der Waals surface area contributed by atoms with Crippen LogP contribution in [0.5, 0.6) is 0 Å². The third kappa shape index (κ3) is 3.06. The molecule has 0 amide bonds. The zero-order valence-electron chi connectivity index (χ0n) is 8.97. The van der Waals surface area contributed by atoms with Crippen LogP contribution in [0, 0.1) is 0 Å². The van der Waals surface area contributed by atoms with Crippen molar-refractivity contribution < 1.29 is 15.0 Å². The minimum absolute atomic E-state index is 0.0253. The molecule has 3 nitrogen and oxygen atoms in total. The number of aliphatic carboxylic acids is 1. The fraction of sp³-hybridized carbons (Fsp3) is 0.417. The second kappa shape index (κ2) is 4.45. The number of carboxylic acids is 1. The van der Waals surface area contributed by atoms with E-state index in [0.29, 0.717) is 0 Å². The Morgan fingerprint density at radius 2 is 1.93 bits per heavy atom. The summed E-state index contributed by atoms with van der Waals surface area (Å²) in [5.74, 6) is -1.15. The fourth-order valence-corrected chi connectivity index (χ4v) is 1.58. The van der Waals surface area contributed by atoms with E-state index in [1.165, 1.54) is 6.92 Å². The molecule has 0 fully saturated rings. The van der Waals surface area contributed by atoms with Crippen LogP contribution in [0.15, 0.2) is 30.3 Å². The van der Waals surface area contributed by atoms with Crippen molar-refractivity contribution in [1.29, 1.82) is 0 Å². The van der Waals surface area contributed by atoms with Crippen molar-refractivity contribution in [2.75, 3.05) is 0 Å². The maximum atomic E-state index is 10.7. The number of carbonyl (C=O) groups is 1. The maximum absolute atomic E-state index is 10.7. The first-order valence-corrected chi connectivity index (χ1v) is 4.94. The summed E-state index contributed by atoms with van der Waals surface area (Å²) in [6.45, 7) is 3.24. The monoisotopic (exact) mass is 208 g/mol. The standard InChI is InChI=1S/C12H16O3/c1-9(8-12(2,15)11(13)14)10-6-4-3-5-7-10/h3-7,9,15H,8H2,1-2H3,(H,13,14). The Bertz CT molecular complexity index is 330. The summed E-state index contributed by atoms with van der Waals surface area (Å²) in [6.07, 6.45) is 0.215. The molecular weight excluding hydrogens is 192 g/mol. The molecular formula is C12H16O3. The first kappa shape index (κ1) is 11.7. The van der Waals surface area contributed by atoms with Gasteiger partial charge in [0.05, 0.1) is 0 Å². The topological polar surface area (TPSA) is 57.5 Å². The molecule has 2 atom stereocenters. The lowest BCUT2D eigenvalue weighted by Crippen LogP contribution is -2.36. The molecule has 3 heteroatoms. The lowest BCUT2D eigenvalue weighted by molar-refractivity contribution is -0.157. The third-order valence-electron chi connectivity index (χ3n) is 2.53. The molecule has 0 heterocycles. The molecule has 0 aliphatic carbocycles. The van der Waals surface area contributed by atoms with Crippen molar-refractivity contribution in [3.63, 3.8) is 0 Å². The molecule has 2 unspecified atom stereocenters. The van der Waals surface area contributed by atoms with E-state index in [1.807, 2.05) is 37.3 Å². The van der Waals surface area contributed by atoms with E-state index >= 15 is 0 Å². The van der Waals surface area contributed by atoms with Gasteiger partial charge in [-0.15, -0.1) is 0 Å². The highest BCUT2D eigenvalue weighted by molar-refractivity contribution is 5.76. The van der Waals surface area contributed by atoms with E-state index in [1.54, 1.807) is 0 Å². The Morgan fingerprint density at radius 1 is 1.40 bits per heavy atom. The fourth-order valence-electron chi connectivity index (χ4n) is 1.58. The summed E-state index contributed by atoms with van der Waals surface area (Å²) in [7, 11) is 0. The Morgan fingerprint density at radius 3 is 2.40 bits per heavy atom. The first-order valence-electron chi connectivity index (χ1n) is 4.94. The van der Waals surface area contributed by atoms with Crippen LogP contribution in [0.3, 0.4) is 0 Å². The average molecular weight is 208 g/mol. The largest absolute Gasteiger partial charge is 0.479 e. The number of hydrogen-bond donors (Lipinski definition) is 2. The van der Waals surface area contributed by atoms with E-state index in [-0.39, 0.29) is 12.3 Å². The van der Waals surface area contributed by atoms with Gasteiger partial charge in [-0.2, -0.15) is 0 Å². The molecule has 0 saturated carbocycles. The van der Waals surface area contributed by atoms with Crippen molar-refractivity contribution >= 4 is 5.97 Å². The van der Waals surface area contributed by atoms with E-state index in [4.69, 9.17) is 5.11 Å². The number of rotatable bonds is 4. The van der Waals surface area contributed by atoms with Gasteiger partial charge in [0, 0.05) is 0 Å². The maximum Gasteiger partial charge on any atom is 0.335 e. The van der Waals surface area contributed by atoms with Crippen LogP contribution < -0.4 is 0 Å². The molecule has 0 radical (unpaired) electrons. The summed E-state index contributed by atoms with van der Waals surface area (Å²) in [5, 5.41) is 18.4. The second-order valence-corrected chi connectivity index (χ2v) is 4.09. The van der Waals surface area contributed by atoms with Crippen molar-refractivity contribution in [3.8, 4) is 0 Å². The molecule has 0 aromatic heterocycles. The molecule has 0 aliphatic heterocycles. The number of hydrogen-bond acceptors (Lipinski definition) is 2. The lowest BCUT2D eigenvalue weighted by atomic mass is 9.88. The van der Waals surface area contributed by atoms with Crippen molar-refractivity contribution in [2.45, 2.75) is 31.8 Å². The highest BCUT2D eigenvalue weighted by Gasteiger charge is 2.31. The normalized spacial score (nSPS) is 16.7. The van der Waals surface area contributed by atoms with Gasteiger partial charge in [0.2, 0.25) is 0 Å². The molecule has 1 aromatic rings. The zero-order chi connectivity index (χ0) is 11.5. The lowest BCUT2D eigenvalue weighted by Gasteiger charge is -2.22. The highest BCUT2D eigenvalue weighted by Crippen LogP contribution is 2.25.